The SMILES string of the molecule is C#CC1=C[C@@H]2C[C@@]3(OC(=O)C=C13)C1CCC(C(OC)OC)N12. The van der Waals surface area contributed by atoms with E-state index in [0.717, 1.165) is 30.4 Å². The zero-order chi connectivity index (χ0) is 15.5. The smallest absolute Gasteiger partial charge is 0.332 e. The lowest BCUT2D eigenvalue weighted by atomic mass is 9.77. The van der Waals surface area contributed by atoms with Crippen LogP contribution in [0.3, 0.4) is 0 Å². The second-order valence-electron chi connectivity index (χ2n) is 6.31. The number of methoxy groups -OCH3 is 2. The van der Waals surface area contributed by atoms with E-state index in [9.17, 15) is 4.79 Å². The Morgan fingerprint density at radius 3 is 2.91 bits per heavy atom. The molecule has 0 amide bonds. The largest absolute Gasteiger partial charge is 0.449 e. The molecule has 1 spiro atoms. The van der Waals surface area contributed by atoms with Crippen LogP contribution in [0.5, 0.6) is 0 Å². The molecule has 4 aliphatic rings. The lowest BCUT2D eigenvalue weighted by Crippen LogP contribution is -2.48. The van der Waals surface area contributed by atoms with Crippen LogP contribution < -0.4 is 0 Å². The van der Waals surface area contributed by atoms with Crippen molar-refractivity contribution >= 4 is 5.97 Å². The molecule has 2 fully saturated rings. The van der Waals surface area contributed by atoms with Gasteiger partial charge in [-0.25, -0.2) is 4.79 Å². The number of carbonyl (C=O) groups is 1. The molecule has 0 aromatic heterocycles. The van der Waals surface area contributed by atoms with Crippen LogP contribution >= 0.6 is 0 Å². The van der Waals surface area contributed by atoms with Crippen LogP contribution in [0.4, 0.5) is 0 Å². The number of fused-ring (bicyclic) bond motifs is 3. The Balaban J connectivity index is 1.77. The van der Waals surface area contributed by atoms with Crippen molar-refractivity contribution in [2.75, 3.05) is 14.2 Å². The maximum Gasteiger partial charge on any atom is 0.332 e. The maximum atomic E-state index is 11.9. The Bertz CT molecular complexity index is 627. The third-order valence-electron chi connectivity index (χ3n) is 5.50. The van der Waals surface area contributed by atoms with E-state index in [1.54, 1.807) is 20.3 Å². The summed E-state index contributed by atoms with van der Waals surface area (Å²) in [5.41, 5.74) is 1.11. The van der Waals surface area contributed by atoms with Gasteiger partial charge < -0.3 is 14.2 Å². The van der Waals surface area contributed by atoms with Crippen molar-refractivity contribution in [3.63, 3.8) is 0 Å². The summed E-state index contributed by atoms with van der Waals surface area (Å²) in [5.74, 6) is 2.44. The van der Waals surface area contributed by atoms with Gasteiger partial charge in [0.15, 0.2) is 11.9 Å². The Hall–Kier alpha value is -1.61. The molecule has 2 unspecified atom stereocenters. The number of carbonyl (C=O) groups excluding carboxylic acids is 1. The normalized spacial score (nSPS) is 39.2. The molecule has 116 valence electrons. The summed E-state index contributed by atoms with van der Waals surface area (Å²) in [4.78, 5) is 14.3. The van der Waals surface area contributed by atoms with Gasteiger partial charge in [0.1, 0.15) is 0 Å². The van der Waals surface area contributed by atoms with Crippen molar-refractivity contribution in [2.45, 2.75) is 49.3 Å². The van der Waals surface area contributed by atoms with Crippen molar-refractivity contribution in [3.05, 3.63) is 23.3 Å². The Morgan fingerprint density at radius 1 is 1.45 bits per heavy atom. The van der Waals surface area contributed by atoms with Gasteiger partial charge in [-0.2, -0.15) is 0 Å². The summed E-state index contributed by atoms with van der Waals surface area (Å²) in [5, 5.41) is 0. The molecule has 3 heterocycles. The van der Waals surface area contributed by atoms with Crippen molar-refractivity contribution < 1.29 is 19.0 Å². The summed E-state index contributed by atoms with van der Waals surface area (Å²) in [6, 6.07) is 0.466. The quantitative estimate of drug-likeness (QED) is 0.442. The molecule has 4 atom stereocenters. The fourth-order valence-corrected chi connectivity index (χ4v) is 4.81. The van der Waals surface area contributed by atoms with Crippen molar-refractivity contribution in [2.24, 2.45) is 0 Å². The Labute approximate surface area is 129 Å². The van der Waals surface area contributed by atoms with Gasteiger partial charge in [0.05, 0.1) is 12.1 Å². The van der Waals surface area contributed by atoms with Crippen LogP contribution in [0.25, 0.3) is 0 Å². The highest BCUT2D eigenvalue weighted by Gasteiger charge is 2.65. The number of ether oxygens (including phenoxy) is 3. The average molecular weight is 301 g/mol. The molecule has 22 heavy (non-hydrogen) atoms. The Morgan fingerprint density at radius 2 is 2.23 bits per heavy atom. The first-order chi connectivity index (χ1) is 10.6. The molecule has 3 aliphatic heterocycles. The third-order valence-corrected chi connectivity index (χ3v) is 5.50. The molecule has 4 rings (SSSR count). The van der Waals surface area contributed by atoms with E-state index in [2.05, 4.69) is 16.9 Å². The zero-order valence-corrected chi connectivity index (χ0v) is 12.7. The van der Waals surface area contributed by atoms with E-state index in [0.29, 0.717) is 0 Å². The summed E-state index contributed by atoms with van der Waals surface area (Å²) in [6.07, 6.45) is 11.7. The number of hydrogen-bond donors (Lipinski definition) is 0. The molecule has 0 radical (unpaired) electrons. The van der Waals surface area contributed by atoms with E-state index in [-0.39, 0.29) is 30.4 Å². The molecule has 0 saturated carbocycles. The van der Waals surface area contributed by atoms with Crippen molar-refractivity contribution in [1.82, 2.24) is 4.90 Å². The van der Waals surface area contributed by atoms with Crippen LogP contribution in [0.15, 0.2) is 23.3 Å². The molecule has 5 heteroatoms. The monoisotopic (exact) mass is 301 g/mol. The molecular weight excluding hydrogens is 282 g/mol. The van der Waals surface area contributed by atoms with Crippen LogP contribution in [-0.2, 0) is 19.0 Å². The zero-order valence-electron chi connectivity index (χ0n) is 12.7. The highest BCUT2D eigenvalue weighted by atomic mass is 16.7. The minimum atomic E-state index is -0.570. The topological polar surface area (TPSA) is 48.0 Å². The fourth-order valence-electron chi connectivity index (χ4n) is 4.81. The molecular formula is C17H19NO4. The minimum absolute atomic E-state index is 0.148. The van der Waals surface area contributed by atoms with Crippen molar-refractivity contribution in [1.29, 1.82) is 0 Å². The summed E-state index contributed by atoms with van der Waals surface area (Å²) >= 11 is 0. The number of rotatable bonds is 3. The first-order valence-electron chi connectivity index (χ1n) is 7.61. The summed E-state index contributed by atoms with van der Waals surface area (Å²) < 4.78 is 16.7. The molecule has 1 aliphatic carbocycles. The van der Waals surface area contributed by atoms with Gasteiger partial charge in [0.25, 0.3) is 0 Å². The fraction of sp³-hybridized carbons (Fsp3) is 0.588. The maximum absolute atomic E-state index is 11.9. The molecule has 2 saturated heterocycles. The molecule has 2 bridgehead atoms. The minimum Gasteiger partial charge on any atom is -0.449 e. The highest BCUT2D eigenvalue weighted by molar-refractivity contribution is 5.90. The average Bonchev–Trinajstić information content (AvgIpc) is 3.14. The van der Waals surface area contributed by atoms with E-state index >= 15 is 0 Å². The summed E-state index contributed by atoms with van der Waals surface area (Å²) in [7, 11) is 3.32. The van der Waals surface area contributed by atoms with Crippen molar-refractivity contribution in [3.8, 4) is 12.3 Å². The standard InChI is InChI=1S/C17H19NO4/c1-4-10-7-11-9-17(12(10)8-15(19)22-17)14-6-5-13(18(11)14)16(20-2)21-3/h1,7-8,11,13-14,16H,5-6,9H2,2-3H3/t11-,13?,14?,17+/m1/s1. The van der Waals surface area contributed by atoms with Gasteiger partial charge in [-0.05, 0) is 12.8 Å². The predicted octanol–water partition coefficient (Wildman–Crippen LogP) is 1.01. The van der Waals surface area contributed by atoms with Crippen LogP contribution in [0.2, 0.25) is 0 Å². The number of esters is 1. The molecule has 5 nitrogen and oxygen atoms in total. The number of terminal acetylenes is 1. The van der Waals surface area contributed by atoms with Crippen LogP contribution in [0, 0.1) is 12.3 Å². The predicted molar refractivity (Wildman–Crippen MR) is 78.7 cm³/mol. The molecule has 0 aromatic carbocycles. The van der Waals surface area contributed by atoms with Gasteiger partial charge in [-0.15, -0.1) is 6.42 Å². The van der Waals surface area contributed by atoms with E-state index in [1.807, 2.05) is 0 Å². The second kappa shape index (κ2) is 4.69. The van der Waals surface area contributed by atoms with Gasteiger partial charge in [0.2, 0.25) is 0 Å². The van der Waals surface area contributed by atoms with Crippen LogP contribution in [-0.4, -0.2) is 55.1 Å². The van der Waals surface area contributed by atoms with Gasteiger partial charge in [-0.1, -0.05) is 12.0 Å². The first kappa shape index (κ1) is 14.0. The molecule has 0 aromatic rings. The highest BCUT2D eigenvalue weighted by Crippen LogP contribution is 2.55. The lowest BCUT2D eigenvalue weighted by Gasteiger charge is -2.33. The third kappa shape index (κ3) is 1.58. The number of hydrogen-bond acceptors (Lipinski definition) is 5. The van der Waals surface area contributed by atoms with E-state index < -0.39 is 5.60 Å². The number of nitrogens with zero attached hydrogens (tertiary/aromatic N) is 1. The van der Waals surface area contributed by atoms with Crippen LogP contribution in [0.1, 0.15) is 19.3 Å². The van der Waals surface area contributed by atoms with E-state index in [4.69, 9.17) is 20.6 Å². The van der Waals surface area contributed by atoms with Gasteiger partial charge in [-0.3, -0.25) is 4.90 Å². The lowest BCUT2D eigenvalue weighted by molar-refractivity contribution is -0.151. The molecule has 0 N–H and O–H groups in total. The van der Waals surface area contributed by atoms with E-state index in [1.165, 1.54) is 0 Å². The van der Waals surface area contributed by atoms with Gasteiger partial charge >= 0.3 is 5.97 Å². The Kier molecular flexibility index (Phi) is 2.99. The van der Waals surface area contributed by atoms with Gasteiger partial charge in [0, 0.05) is 43.9 Å². The first-order valence-corrected chi connectivity index (χ1v) is 7.61. The second-order valence-corrected chi connectivity index (χ2v) is 6.31. The summed E-state index contributed by atoms with van der Waals surface area (Å²) in [6.45, 7) is 0.